The summed E-state index contributed by atoms with van der Waals surface area (Å²) in [6.45, 7) is 4.35. The van der Waals surface area contributed by atoms with E-state index in [1.807, 2.05) is 49.4 Å². The van der Waals surface area contributed by atoms with E-state index < -0.39 is 0 Å². The first-order valence-corrected chi connectivity index (χ1v) is 8.46. The van der Waals surface area contributed by atoms with Crippen molar-refractivity contribution in [3.05, 3.63) is 54.0 Å². The van der Waals surface area contributed by atoms with Crippen LogP contribution in [0.1, 0.15) is 17.9 Å². The lowest BCUT2D eigenvalue weighted by atomic mass is 9.99. The van der Waals surface area contributed by atoms with Gasteiger partial charge in [0, 0.05) is 18.8 Å². The quantitative estimate of drug-likeness (QED) is 0.939. The molecule has 4 rings (SSSR count). The zero-order chi connectivity index (χ0) is 16.5. The van der Waals surface area contributed by atoms with E-state index in [9.17, 15) is 4.79 Å². The van der Waals surface area contributed by atoms with Crippen molar-refractivity contribution >= 4 is 11.6 Å². The number of hydrogen-bond donors (Lipinski definition) is 1. The van der Waals surface area contributed by atoms with Crippen LogP contribution in [0.2, 0.25) is 0 Å². The first-order chi connectivity index (χ1) is 11.7. The predicted octanol–water partition coefficient (Wildman–Crippen LogP) is 2.82. The molecule has 1 amide bonds. The summed E-state index contributed by atoms with van der Waals surface area (Å²) in [5, 5.41) is 3.01. The standard InChI is InChI=1S/C19H22N2O3/c1-13-7-8-15(23-13)10-21-11-16-9-17(18(12-21)24-16)19(22)20-14-5-3-2-4-6-14/h2-8,16-18H,9-12H2,1H3,(H,20,22)/t16-,17+,18-/m0/s1. The smallest absolute Gasteiger partial charge is 0.230 e. The molecular formula is C19H22N2O3. The number of morpholine rings is 1. The van der Waals surface area contributed by atoms with Gasteiger partial charge >= 0.3 is 0 Å². The van der Waals surface area contributed by atoms with E-state index in [0.717, 1.165) is 43.3 Å². The van der Waals surface area contributed by atoms with Crippen molar-refractivity contribution < 1.29 is 13.9 Å². The first kappa shape index (κ1) is 15.4. The van der Waals surface area contributed by atoms with Crippen LogP contribution in [0.4, 0.5) is 5.69 Å². The first-order valence-electron chi connectivity index (χ1n) is 8.46. The number of carbonyl (C=O) groups is 1. The molecule has 3 heterocycles. The Morgan fingerprint density at radius 1 is 1.21 bits per heavy atom. The number of amides is 1. The maximum absolute atomic E-state index is 12.6. The summed E-state index contributed by atoms with van der Waals surface area (Å²) in [5.74, 6) is 1.88. The van der Waals surface area contributed by atoms with Gasteiger partial charge in [-0.3, -0.25) is 9.69 Å². The number of benzene rings is 1. The highest BCUT2D eigenvalue weighted by Crippen LogP contribution is 2.33. The second-order valence-corrected chi connectivity index (χ2v) is 6.70. The Labute approximate surface area is 141 Å². The van der Waals surface area contributed by atoms with Gasteiger partial charge < -0.3 is 14.5 Å². The van der Waals surface area contributed by atoms with E-state index in [4.69, 9.17) is 9.15 Å². The van der Waals surface area contributed by atoms with Gasteiger partial charge in [-0.05, 0) is 37.6 Å². The summed E-state index contributed by atoms with van der Waals surface area (Å²) < 4.78 is 11.7. The van der Waals surface area contributed by atoms with Crippen LogP contribution in [0.15, 0.2) is 46.9 Å². The molecule has 0 unspecified atom stereocenters. The highest BCUT2D eigenvalue weighted by Gasteiger charge is 2.44. The molecular weight excluding hydrogens is 304 g/mol. The molecule has 1 aromatic heterocycles. The molecule has 2 aliphatic rings. The van der Waals surface area contributed by atoms with Crippen molar-refractivity contribution in [1.82, 2.24) is 4.90 Å². The maximum Gasteiger partial charge on any atom is 0.230 e. The average Bonchev–Trinajstić information content (AvgIpc) is 3.11. The minimum atomic E-state index is -0.0847. The van der Waals surface area contributed by atoms with Crippen LogP contribution in [0.3, 0.4) is 0 Å². The van der Waals surface area contributed by atoms with Crippen LogP contribution >= 0.6 is 0 Å². The predicted molar refractivity (Wildman–Crippen MR) is 90.6 cm³/mol. The van der Waals surface area contributed by atoms with Crippen LogP contribution in [-0.2, 0) is 16.1 Å². The largest absolute Gasteiger partial charge is 0.465 e. The second kappa shape index (κ2) is 6.42. The lowest BCUT2D eigenvalue weighted by molar-refractivity contribution is -0.123. The summed E-state index contributed by atoms with van der Waals surface area (Å²) in [6.07, 6.45) is 0.881. The molecule has 5 nitrogen and oxygen atoms in total. The maximum atomic E-state index is 12.6. The third kappa shape index (κ3) is 3.23. The average molecular weight is 326 g/mol. The van der Waals surface area contributed by atoms with E-state index in [1.165, 1.54) is 0 Å². The highest BCUT2D eigenvalue weighted by atomic mass is 16.5. The van der Waals surface area contributed by atoms with E-state index >= 15 is 0 Å². The molecule has 1 N–H and O–H groups in total. The van der Waals surface area contributed by atoms with Crippen molar-refractivity contribution in [3.63, 3.8) is 0 Å². The van der Waals surface area contributed by atoms with Crippen molar-refractivity contribution in [1.29, 1.82) is 0 Å². The van der Waals surface area contributed by atoms with Crippen LogP contribution in [-0.4, -0.2) is 36.1 Å². The minimum Gasteiger partial charge on any atom is -0.465 e. The van der Waals surface area contributed by atoms with Gasteiger partial charge in [0.25, 0.3) is 0 Å². The monoisotopic (exact) mass is 326 g/mol. The Morgan fingerprint density at radius 3 is 2.79 bits per heavy atom. The van der Waals surface area contributed by atoms with Crippen molar-refractivity contribution in [2.75, 3.05) is 18.4 Å². The molecule has 1 aromatic carbocycles. The molecule has 2 bridgehead atoms. The van der Waals surface area contributed by atoms with E-state index in [1.54, 1.807) is 0 Å². The normalized spacial score (nSPS) is 26.5. The molecule has 0 radical (unpaired) electrons. The number of fused-ring (bicyclic) bond motifs is 2. The number of aryl methyl sites for hydroxylation is 1. The van der Waals surface area contributed by atoms with E-state index in [-0.39, 0.29) is 24.0 Å². The summed E-state index contributed by atoms with van der Waals surface area (Å²) in [5.41, 5.74) is 0.840. The van der Waals surface area contributed by atoms with Crippen LogP contribution in [0, 0.1) is 12.8 Å². The summed E-state index contributed by atoms with van der Waals surface area (Å²) in [6, 6.07) is 13.6. The SMILES string of the molecule is Cc1ccc(CN2C[C@@H]3C[C@@H](C(=O)Nc4ccccc4)[C@H](C2)O3)o1. The number of anilines is 1. The molecule has 2 saturated heterocycles. The molecule has 3 atom stereocenters. The molecule has 0 spiro atoms. The van der Waals surface area contributed by atoms with Crippen LogP contribution < -0.4 is 5.32 Å². The summed E-state index contributed by atoms with van der Waals surface area (Å²) in [7, 11) is 0. The zero-order valence-corrected chi connectivity index (χ0v) is 13.8. The zero-order valence-electron chi connectivity index (χ0n) is 13.8. The van der Waals surface area contributed by atoms with Gasteiger partial charge in [0.1, 0.15) is 11.5 Å². The summed E-state index contributed by atoms with van der Waals surface area (Å²) >= 11 is 0. The number of likely N-dealkylation sites (tertiary alicyclic amines) is 1. The van der Waals surface area contributed by atoms with Gasteiger partial charge in [0.05, 0.1) is 24.7 Å². The van der Waals surface area contributed by atoms with E-state index in [2.05, 4.69) is 10.2 Å². The number of nitrogens with zero attached hydrogens (tertiary/aromatic N) is 1. The fourth-order valence-electron chi connectivity index (χ4n) is 3.69. The number of rotatable bonds is 4. The minimum absolute atomic E-state index is 0.0384. The molecule has 2 fully saturated rings. The van der Waals surface area contributed by atoms with Gasteiger partial charge in [0.15, 0.2) is 0 Å². The molecule has 0 aliphatic carbocycles. The molecule has 0 saturated carbocycles. The number of para-hydroxylation sites is 1. The second-order valence-electron chi connectivity index (χ2n) is 6.70. The van der Waals surface area contributed by atoms with Gasteiger partial charge in [-0.15, -0.1) is 0 Å². The van der Waals surface area contributed by atoms with Crippen molar-refractivity contribution in [2.24, 2.45) is 5.92 Å². The Balaban J connectivity index is 1.39. The van der Waals surface area contributed by atoms with Crippen LogP contribution in [0.5, 0.6) is 0 Å². The van der Waals surface area contributed by atoms with Gasteiger partial charge in [-0.2, -0.15) is 0 Å². The van der Waals surface area contributed by atoms with E-state index in [0.29, 0.717) is 0 Å². The van der Waals surface area contributed by atoms with Gasteiger partial charge in [-0.25, -0.2) is 0 Å². The molecule has 5 heteroatoms. The van der Waals surface area contributed by atoms with Crippen molar-refractivity contribution in [2.45, 2.75) is 32.1 Å². The topological polar surface area (TPSA) is 54.7 Å². The number of ether oxygens (including phenoxy) is 1. The Hall–Kier alpha value is -2.11. The molecule has 24 heavy (non-hydrogen) atoms. The Kier molecular flexibility index (Phi) is 4.12. The van der Waals surface area contributed by atoms with Crippen LogP contribution in [0.25, 0.3) is 0 Å². The molecule has 2 aromatic rings. The summed E-state index contributed by atoms with van der Waals surface area (Å²) in [4.78, 5) is 14.9. The number of hydrogen-bond acceptors (Lipinski definition) is 4. The lowest BCUT2D eigenvalue weighted by Crippen LogP contribution is -2.44. The lowest BCUT2D eigenvalue weighted by Gasteiger charge is -2.32. The fourth-order valence-corrected chi connectivity index (χ4v) is 3.69. The Bertz CT molecular complexity index is 712. The third-order valence-corrected chi connectivity index (χ3v) is 4.79. The Morgan fingerprint density at radius 2 is 2.04 bits per heavy atom. The number of nitrogens with one attached hydrogen (secondary N) is 1. The third-order valence-electron chi connectivity index (χ3n) is 4.79. The van der Waals surface area contributed by atoms with Crippen molar-refractivity contribution in [3.8, 4) is 0 Å². The number of furan rings is 1. The highest BCUT2D eigenvalue weighted by molar-refractivity contribution is 5.93. The number of carbonyl (C=O) groups excluding carboxylic acids is 1. The van der Waals surface area contributed by atoms with Gasteiger partial charge in [-0.1, -0.05) is 18.2 Å². The molecule has 126 valence electrons. The molecule has 2 aliphatic heterocycles. The van der Waals surface area contributed by atoms with Gasteiger partial charge in [0.2, 0.25) is 5.91 Å². The fraction of sp³-hybridized carbons (Fsp3) is 0.421.